The van der Waals surface area contributed by atoms with Crippen LogP contribution in [0.15, 0.2) is 24.3 Å². The Morgan fingerprint density at radius 3 is 2.48 bits per heavy atom. The summed E-state index contributed by atoms with van der Waals surface area (Å²) in [5.41, 5.74) is -0.176. The Morgan fingerprint density at radius 1 is 1.29 bits per heavy atom. The minimum atomic E-state index is -4.35. The molecule has 1 rings (SSSR count). The van der Waals surface area contributed by atoms with Crippen molar-refractivity contribution in [2.45, 2.75) is 39.0 Å². The third-order valence-corrected chi connectivity index (χ3v) is 3.08. The largest absolute Gasteiger partial charge is 0.416 e. The molecule has 1 aromatic carbocycles. The first kappa shape index (κ1) is 17.5. The molecule has 118 valence electrons. The number of carbonyl (C=O) groups is 1. The second-order valence-electron chi connectivity index (χ2n) is 5.38. The molecule has 1 atom stereocenters. The zero-order valence-corrected chi connectivity index (χ0v) is 12.4. The Kier molecular flexibility index (Phi) is 6.20. The maximum atomic E-state index is 12.6. The van der Waals surface area contributed by atoms with Gasteiger partial charge in [0.25, 0.3) is 0 Å². The summed E-state index contributed by atoms with van der Waals surface area (Å²) >= 11 is 0. The molecular formula is C15H21F3N2O. The average Bonchev–Trinajstić information content (AvgIpc) is 2.41. The topological polar surface area (TPSA) is 41.1 Å². The Balaban J connectivity index is 2.74. The van der Waals surface area contributed by atoms with Crippen molar-refractivity contribution in [3.8, 4) is 0 Å². The molecule has 0 saturated heterocycles. The standard InChI is InChI=1S/C15H21F3N2O/c1-10(2)7-13(14(21)19-3)20-9-11-5-4-6-12(8-11)15(16,17)18/h4-6,8,10,13,20H,7,9H2,1-3H3,(H,19,21). The number of likely N-dealkylation sites (N-methyl/N-ethyl adjacent to an activating group) is 1. The van der Waals surface area contributed by atoms with Crippen molar-refractivity contribution in [1.29, 1.82) is 0 Å². The molecule has 0 radical (unpaired) electrons. The summed E-state index contributed by atoms with van der Waals surface area (Å²) in [6, 6.07) is 4.71. The summed E-state index contributed by atoms with van der Waals surface area (Å²) < 4.78 is 37.9. The van der Waals surface area contributed by atoms with Gasteiger partial charge in [0.2, 0.25) is 5.91 Å². The lowest BCUT2D eigenvalue weighted by Crippen LogP contribution is -2.43. The van der Waals surface area contributed by atoms with E-state index in [1.807, 2.05) is 13.8 Å². The molecule has 0 fully saturated rings. The number of carbonyl (C=O) groups excluding carboxylic acids is 1. The Hall–Kier alpha value is -1.56. The van der Waals surface area contributed by atoms with Crippen molar-refractivity contribution in [2.24, 2.45) is 5.92 Å². The Bertz CT molecular complexity index is 472. The molecule has 0 aliphatic carbocycles. The van der Waals surface area contributed by atoms with E-state index in [1.165, 1.54) is 6.07 Å². The Labute approximate surface area is 122 Å². The van der Waals surface area contributed by atoms with Crippen LogP contribution >= 0.6 is 0 Å². The molecule has 1 aromatic rings. The van der Waals surface area contributed by atoms with Gasteiger partial charge in [0.05, 0.1) is 11.6 Å². The lowest BCUT2D eigenvalue weighted by molar-refractivity contribution is -0.137. The highest BCUT2D eigenvalue weighted by molar-refractivity contribution is 5.81. The molecule has 0 aromatic heterocycles. The van der Waals surface area contributed by atoms with Gasteiger partial charge in [-0.3, -0.25) is 4.79 Å². The first-order valence-electron chi connectivity index (χ1n) is 6.85. The van der Waals surface area contributed by atoms with Crippen molar-refractivity contribution in [3.63, 3.8) is 0 Å². The predicted octanol–water partition coefficient (Wildman–Crippen LogP) is 2.96. The van der Waals surface area contributed by atoms with Gasteiger partial charge < -0.3 is 10.6 Å². The fraction of sp³-hybridized carbons (Fsp3) is 0.533. The van der Waals surface area contributed by atoms with E-state index in [1.54, 1.807) is 13.1 Å². The first-order valence-corrected chi connectivity index (χ1v) is 6.85. The molecule has 1 amide bonds. The third kappa shape index (κ3) is 5.75. The van der Waals surface area contributed by atoms with E-state index in [9.17, 15) is 18.0 Å². The maximum absolute atomic E-state index is 12.6. The van der Waals surface area contributed by atoms with Gasteiger partial charge in [-0.15, -0.1) is 0 Å². The molecule has 0 aliphatic rings. The molecule has 0 saturated carbocycles. The average molecular weight is 302 g/mol. The van der Waals surface area contributed by atoms with Gasteiger partial charge in [-0.2, -0.15) is 13.2 Å². The van der Waals surface area contributed by atoms with Crippen molar-refractivity contribution >= 4 is 5.91 Å². The summed E-state index contributed by atoms with van der Waals surface area (Å²) in [6.07, 6.45) is -3.73. The maximum Gasteiger partial charge on any atom is 0.416 e. The molecule has 0 heterocycles. The molecule has 21 heavy (non-hydrogen) atoms. The van der Waals surface area contributed by atoms with Crippen molar-refractivity contribution in [1.82, 2.24) is 10.6 Å². The van der Waals surface area contributed by atoms with Gasteiger partial charge in [-0.1, -0.05) is 32.0 Å². The molecular weight excluding hydrogens is 281 g/mol. The second kappa shape index (κ2) is 7.45. The molecule has 0 bridgehead atoms. The number of amides is 1. The smallest absolute Gasteiger partial charge is 0.358 e. The number of benzene rings is 1. The van der Waals surface area contributed by atoms with Crippen molar-refractivity contribution in [2.75, 3.05) is 7.05 Å². The highest BCUT2D eigenvalue weighted by Gasteiger charge is 2.30. The lowest BCUT2D eigenvalue weighted by atomic mass is 10.0. The van der Waals surface area contributed by atoms with Crippen LogP contribution in [0.1, 0.15) is 31.4 Å². The van der Waals surface area contributed by atoms with Gasteiger partial charge >= 0.3 is 6.18 Å². The highest BCUT2D eigenvalue weighted by Crippen LogP contribution is 2.29. The van der Waals surface area contributed by atoms with Crippen molar-refractivity contribution in [3.05, 3.63) is 35.4 Å². The van der Waals surface area contributed by atoms with Gasteiger partial charge in [0, 0.05) is 13.6 Å². The zero-order valence-electron chi connectivity index (χ0n) is 12.4. The summed E-state index contributed by atoms with van der Waals surface area (Å²) in [5, 5.41) is 5.58. The molecule has 0 aliphatic heterocycles. The van der Waals surface area contributed by atoms with Crippen LogP contribution in [-0.4, -0.2) is 19.0 Å². The summed E-state index contributed by atoms with van der Waals surface area (Å²) in [5.74, 6) is 0.150. The van der Waals surface area contributed by atoms with E-state index in [0.717, 1.165) is 12.1 Å². The van der Waals surface area contributed by atoms with E-state index >= 15 is 0 Å². The van der Waals surface area contributed by atoms with E-state index in [0.29, 0.717) is 17.9 Å². The fourth-order valence-electron chi connectivity index (χ4n) is 2.03. The number of alkyl halides is 3. The SMILES string of the molecule is CNC(=O)C(CC(C)C)NCc1cccc(C(F)(F)F)c1. The normalized spacial score (nSPS) is 13.3. The number of nitrogens with one attached hydrogen (secondary N) is 2. The van der Waals surface area contributed by atoms with Gasteiger partial charge in [-0.05, 0) is 24.0 Å². The fourth-order valence-corrected chi connectivity index (χ4v) is 2.03. The van der Waals surface area contributed by atoms with Crippen LogP contribution in [0, 0.1) is 5.92 Å². The zero-order chi connectivity index (χ0) is 16.0. The molecule has 3 nitrogen and oxygen atoms in total. The minimum absolute atomic E-state index is 0.157. The van der Waals surface area contributed by atoms with Crippen LogP contribution in [0.3, 0.4) is 0 Å². The van der Waals surface area contributed by atoms with E-state index < -0.39 is 17.8 Å². The van der Waals surface area contributed by atoms with Gasteiger partial charge in [0.15, 0.2) is 0 Å². The van der Waals surface area contributed by atoms with E-state index in [4.69, 9.17) is 0 Å². The third-order valence-electron chi connectivity index (χ3n) is 3.08. The summed E-state index contributed by atoms with van der Waals surface area (Å²) in [7, 11) is 1.54. The number of rotatable bonds is 6. The summed E-state index contributed by atoms with van der Waals surface area (Å²) in [4.78, 5) is 11.7. The van der Waals surface area contributed by atoms with Crippen LogP contribution in [0.4, 0.5) is 13.2 Å². The van der Waals surface area contributed by atoms with Crippen LogP contribution in [0.25, 0.3) is 0 Å². The number of halogens is 3. The Morgan fingerprint density at radius 2 is 1.95 bits per heavy atom. The van der Waals surface area contributed by atoms with Crippen LogP contribution < -0.4 is 10.6 Å². The number of hydrogen-bond acceptors (Lipinski definition) is 2. The van der Waals surface area contributed by atoms with Gasteiger partial charge in [-0.25, -0.2) is 0 Å². The first-order chi connectivity index (χ1) is 9.74. The number of hydrogen-bond donors (Lipinski definition) is 2. The van der Waals surface area contributed by atoms with E-state index in [-0.39, 0.29) is 12.5 Å². The van der Waals surface area contributed by atoms with Crippen LogP contribution in [0.5, 0.6) is 0 Å². The lowest BCUT2D eigenvalue weighted by Gasteiger charge is -2.19. The van der Waals surface area contributed by atoms with Crippen molar-refractivity contribution < 1.29 is 18.0 Å². The molecule has 6 heteroatoms. The molecule has 2 N–H and O–H groups in total. The second-order valence-corrected chi connectivity index (χ2v) is 5.38. The van der Waals surface area contributed by atoms with Crippen LogP contribution in [0.2, 0.25) is 0 Å². The quantitative estimate of drug-likeness (QED) is 0.848. The molecule has 0 spiro atoms. The predicted molar refractivity (Wildman–Crippen MR) is 75.6 cm³/mol. The highest BCUT2D eigenvalue weighted by atomic mass is 19.4. The molecule has 1 unspecified atom stereocenters. The van der Waals surface area contributed by atoms with Crippen LogP contribution in [-0.2, 0) is 17.5 Å². The van der Waals surface area contributed by atoms with Gasteiger partial charge in [0.1, 0.15) is 0 Å². The van der Waals surface area contributed by atoms with E-state index in [2.05, 4.69) is 10.6 Å². The monoisotopic (exact) mass is 302 g/mol. The summed E-state index contributed by atoms with van der Waals surface area (Å²) in [6.45, 7) is 4.19. The minimum Gasteiger partial charge on any atom is -0.358 e.